The fourth-order valence-corrected chi connectivity index (χ4v) is 2.26. The van der Waals surface area contributed by atoms with Crippen LogP contribution in [-0.2, 0) is 0 Å². The van der Waals surface area contributed by atoms with E-state index in [1.54, 1.807) is 6.07 Å². The van der Waals surface area contributed by atoms with Crippen molar-refractivity contribution in [1.29, 1.82) is 0 Å². The third-order valence-corrected chi connectivity index (χ3v) is 3.15. The Kier molecular flexibility index (Phi) is 3.10. The molecule has 1 fully saturated rings. The molecule has 2 nitrogen and oxygen atoms in total. The fourth-order valence-electron chi connectivity index (χ4n) is 2.26. The molecule has 1 aromatic rings. The molecule has 2 rings (SSSR count). The first-order valence-electron chi connectivity index (χ1n) is 5.55. The zero-order valence-electron chi connectivity index (χ0n) is 9.29. The van der Waals surface area contributed by atoms with Gasteiger partial charge in [0.1, 0.15) is 0 Å². The van der Waals surface area contributed by atoms with Crippen molar-refractivity contribution in [3.63, 3.8) is 0 Å². The van der Waals surface area contributed by atoms with E-state index in [9.17, 15) is 8.78 Å². The van der Waals surface area contributed by atoms with E-state index in [1.165, 1.54) is 12.1 Å². The van der Waals surface area contributed by atoms with Crippen molar-refractivity contribution in [3.05, 3.63) is 29.8 Å². The van der Waals surface area contributed by atoms with Gasteiger partial charge in [0.2, 0.25) is 0 Å². The van der Waals surface area contributed by atoms with Crippen molar-refractivity contribution >= 4 is 5.69 Å². The third kappa shape index (κ3) is 2.16. The van der Waals surface area contributed by atoms with Crippen molar-refractivity contribution in [2.45, 2.75) is 31.8 Å². The van der Waals surface area contributed by atoms with Gasteiger partial charge in [-0.05, 0) is 31.9 Å². The number of nitrogens with zero attached hydrogens (tertiary/aromatic N) is 1. The van der Waals surface area contributed by atoms with E-state index in [4.69, 9.17) is 5.73 Å². The minimum Gasteiger partial charge on any atom is -0.369 e. The summed E-state index contributed by atoms with van der Waals surface area (Å²) in [5.74, 6) is -1.59. The first-order valence-corrected chi connectivity index (χ1v) is 5.55. The van der Waals surface area contributed by atoms with Crippen LogP contribution < -0.4 is 10.6 Å². The Bertz CT molecular complexity index is 381. The molecule has 4 heteroatoms. The standard InChI is InChI=1S/C12H16F2N2/c1-8-6-9(15)4-5-16(8)10-2-3-11(13)12(14)7-10/h2-3,7-9H,4-6,15H2,1H3. The van der Waals surface area contributed by atoms with E-state index >= 15 is 0 Å². The molecule has 2 N–H and O–H groups in total. The van der Waals surface area contributed by atoms with E-state index in [0.717, 1.165) is 25.1 Å². The van der Waals surface area contributed by atoms with Gasteiger partial charge in [-0.25, -0.2) is 8.78 Å². The second-order valence-electron chi connectivity index (χ2n) is 4.43. The average Bonchev–Trinajstić information content (AvgIpc) is 2.22. The molecule has 88 valence electrons. The highest BCUT2D eigenvalue weighted by Crippen LogP contribution is 2.25. The fraction of sp³-hybridized carbons (Fsp3) is 0.500. The van der Waals surface area contributed by atoms with Crippen LogP contribution in [0.5, 0.6) is 0 Å². The molecule has 16 heavy (non-hydrogen) atoms. The number of anilines is 1. The smallest absolute Gasteiger partial charge is 0.160 e. The molecule has 0 saturated carbocycles. The summed E-state index contributed by atoms with van der Waals surface area (Å²) in [5, 5.41) is 0. The SMILES string of the molecule is CC1CC(N)CCN1c1ccc(F)c(F)c1. The van der Waals surface area contributed by atoms with Crippen molar-refractivity contribution in [3.8, 4) is 0 Å². The molecular formula is C12H16F2N2. The lowest BCUT2D eigenvalue weighted by Crippen LogP contribution is -2.45. The Morgan fingerprint density at radius 3 is 2.69 bits per heavy atom. The van der Waals surface area contributed by atoms with E-state index in [0.29, 0.717) is 0 Å². The summed E-state index contributed by atoms with van der Waals surface area (Å²) >= 11 is 0. The van der Waals surface area contributed by atoms with Crippen LogP contribution in [0.4, 0.5) is 14.5 Å². The predicted molar refractivity (Wildman–Crippen MR) is 60.4 cm³/mol. The van der Waals surface area contributed by atoms with Crippen LogP contribution in [0.15, 0.2) is 18.2 Å². The Hall–Kier alpha value is -1.16. The molecule has 2 atom stereocenters. The Morgan fingerprint density at radius 2 is 2.06 bits per heavy atom. The van der Waals surface area contributed by atoms with Crippen LogP contribution in [0.3, 0.4) is 0 Å². The maximum Gasteiger partial charge on any atom is 0.160 e. The molecule has 0 amide bonds. The molecule has 1 heterocycles. The van der Waals surface area contributed by atoms with Gasteiger partial charge in [0, 0.05) is 30.4 Å². The van der Waals surface area contributed by atoms with Gasteiger partial charge in [-0.1, -0.05) is 0 Å². The van der Waals surface area contributed by atoms with E-state index in [1.807, 2.05) is 0 Å². The monoisotopic (exact) mass is 226 g/mol. The molecule has 1 aliphatic rings. The number of benzene rings is 1. The lowest BCUT2D eigenvalue weighted by atomic mass is 9.98. The van der Waals surface area contributed by atoms with Crippen LogP contribution in [0.25, 0.3) is 0 Å². The zero-order valence-corrected chi connectivity index (χ0v) is 9.29. The highest BCUT2D eigenvalue weighted by atomic mass is 19.2. The minimum atomic E-state index is -0.801. The summed E-state index contributed by atoms with van der Waals surface area (Å²) in [7, 11) is 0. The van der Waals surface area contributed by atoms with Crippen LogP contribution in [0.2, 0.25) is 0 Å². The van der Waals surface area contributed by atoms with Crippen LogP contribution >= 0.6 is 0 Å². The number of rotatable bonds is 1. The van der Waals surface area contributed by atoms with Gasteiger partial charge < -0.3 is 10.6 Å². The van der Waals surface area contributed by atoms with Crippen LogP contribution in [-0.4, -0.2) is 18.6 Å². The van der Waals surface area contributed by atoms with Crippen molar-refractivity contribution in [2.24, 2.45) is 5.73 Å². The second kappa shape index (κ2) is 4.37. The minimum absolute atomic E-state index is 0.219. The molecule has 1 aromatic carbocycles. The average molecular weight is 226 g/mol. The molecule has 0 bridgehead atoms. The first kappa shape index (κ1) is 11.3. The zero-order chi connectivity index (χ0) is 11.7. The van der Waals surface area contributed by atoms with Crippen molar-refractivity contribution in [1.82, 2.24) is 0 Å². The highest BCUT2D eigenvalue weighted by molar-refractivity contribution is 5.48. The maximum atomic E-state index is 13.1. The summed E-state index contributed by atoms with van der Waals surface area (Å²) in [6.45, 7) is 2.85. The summed E-state index contributed by atoms with van der Waals surface area (Å²) in [6, 6.07) is 4.53. The van der Waals surface area contributed by atoms with Gasteiger partial charge in [-0.15, -0.1) is 0 Å². The maximum absolute atomic E-state index is 13.1. The molecule has 0 aliphatic carbocycles. The quantitative estimate of drug-likeness (QED) is 0.796. The Labute approximate surface area is 94.0 Å². The lowest BCUT2D eigenvalue weighted by Gasteiger charge is -2.38. The molecule has 2 unspecified atom stereocenters. The van der Waals surface area contributed by atoms with Crippen LogP contribution in [0, 0.1) is 11.6 Å². The van der Waals surface area contributed by atoms with Gasteiger partial charge >= 0.3 is 0 Å². The van der Waals surface area contributed by atoms with Crippen LogP contribution in [0.1, 0.15) is 19.8 Å². The molecule has 0 aromatic heterocycles. The normalized spacial score (nSPS) is 25.9. The lowest BCUT2D eigenvalue weighted by molar-refractivity contribution is 0.428. The van der Waals surface area contributed by atoms with Gasteiger partial charge in [-0.2, -0.15) is 0 Å². The number of piperidine rings is 1. The molecule has 0 radical (unpaired) electrons. The Balaban J connectivity index is 2.20. The van der Waals surface area contributed by atoms with E-state index in [-0.39, 0.29) is 12.1 Å². The second-order valence-corrected chi connectivity index (χ2v) is 4.43. The number of nitrogens with two attached hydrogens (primary N) is 1. The van der Waals surface area contributed by atoms with Gasteiger partial charge in [0.05, 0.1) is 0 Å². The summed E-state index contributed by atoms with van der Waals surface area (Å²) in [6.07, 6.45) is 1.78. The molecule has 0 spiro atoms. The summed E-state index contributed by atoms with van der Waals surface area (Å²) < 4.78 is 25.9. The van der Waals surface area contributed by atoms with E-state index in [2.05, 4.69) is 11.8 Å². The largest absolute Gasteiger partial charge is 0.369 e. The third-order valence-electron chi connectivity index (χ3n) is 3.15. The molecule has 1 aliphatic heterocycles. The Morgan fingerprint density at radius 1 is 1.31 bits per heavy atom. The molecular weight excluding hydrogens is 210 g/mol. The number of hydrogen-bond acceptors (Lipinski definition) is 2. The first-order chi connectivity index (χ1) is 7.58. The number of halogens is 2. The van der Waals surface area contributed by atoms with E-state index < -0.39 is 11.6 Å². The highest BCUT2D eigenvalue weighted by Gasteiger charge is 2.23. The predicted octanol–water partition coefficient (Wildman–Crippen LogP) is 2.28. The molecule has 1 saturated heterocycles. The van der Waals surface area contributed by atoms with Crippen molar-refractivity contribution < 1.29 is 8.78 Å². The van der Waals surface area contributed by atoms with Crippen molar-refractivity contribution in [2.75, 3.05) is 11.4 Å². The van der Waals surface area contributed by atoms with Gasteiger partial charge in [-0.3, -0.25) is 0 Å². The van der Waals surface area contributed by atoms with Gasteiger partial charge in [0.15, 0.2) is 11.6 Å². The summed E-state index contributed by atoms with van der Waals surface area (Å²) in [5.41, 5.74) is 6.59. The topological polar surface area (TPSA) is 29.3 Å². The summed E-state index contributed by atoms with van der Waals surface area (Å²) in [4.78, 5) is 2.08. The van der Waals surface area contributed by atoms with Gasteiger partial charge in [0.25, 0.3) is 0 Å². The number of hydrogen-bond donors (Lipinski definition) is 1.